The van der Waals surface area contributed by atoms with E-state index in [2.05, 4.69) is 22.8 Å². The number of fused-ring (bicyclic) bond motifs is 1. The molecule has 4 amide bonds. The Bertz CT molecular complexity index is 1250. The molecule has 5 rings (SSSR count). The number of rotatable bonds is 6. The van der Waals surface area contributed by atoms with E-state index in [1.807, 2.05) is 60.7 Å². The Kier molecular flexibility index (Phi) is 5.60. The summed E-state index contributed by atoms with van der Waals surface area (Å²) in [6.45, 7) is 1.90. The molecule has 2 fully saturated rings. The Balaban J connectivity index is 1.29. The van der Waals surface area contributed by atoms with E-state index in [-0.39, 0.29) is 17.9 Å². The van der Waals surface area contributed by atoms with Gasteiger partial charge in [0.15, 0.2) is 0 Å². The number of benzene rings is 3. The highest BCUT2D eigenvalue weighted by Gasteiger charge is 2.49. The van der Waals surface area contributed by atoms with Crippen molar-refractivity contribution in [1.29, 1.82) is 0 Å². The maximum atomic E-state index is 13.3. The Hall–Kier alpha value is -3.67. The van der Waals surface area contributed by atoms with Gasteiger partial charge in [0.1, 0.15) is 12.1 Å². The van der Waals surface area contributed by atoms with Crippen LogP contribution in [-0.2, 0) is 20.5 Å². The van der Waals surface area contributed by atoms with Crippen LogP contribution in [0, 0.1) is 0 Å². The molecule has 0 spiro atoms. The van der Waals surface area contributed by atoms with Crippen molar-refractivity contribution in [3.8, 4) is 0 Å². The molecule has 0 bridgehead atoms. The van der Waals surface area contributed by atoms with Crippen LogP contribution in [0.1, 0.15) is 43.7 Å². The highest BCUT2D eigenvalue weighted by atomic mass is 16.2. The maximum absolute atomic E-state index is 13.3. The molecule has 1 atom stereocenters. The van der Waals surface area contributed by atoms with Crippen molar-refractivity contribution in [2.75, 3.05) is 13.1 Å². The number of carbonyl (C=O) groups is 3. The van der Waals surface area contributed by atoms with Crippen LogP contribution in [0.5, 0.6) is 0 Å². The minimum atomic E-state index is -1.21. The standard InChI is InChI=1S/C28H29N3O3/c1-27(23-14-13-20-9-5-6-10-21(20)17-23)25(33)31(26(34)30-27)18-24(32)29-19-28(15-7-8-16-28)22-11-3-2-4-12-22/h2-6,9-14,17H,7-8,15-16,18-19H2,1H3,(H,29,32)(H,30,34). The summed E-state index contributed by atoms with van der Waals surface area (Å²) in [5.41, 5.74) is 0.624. The van der Waals surface area contributed by atoms with Crippen LogP contribution in [0.2, 0.25) is 0 Å². The first-order valence-electron chi connectivity index (χ1n) is 11.9. The molecule has 2 aliphatic rings. The number of nitrogens with zero attached hydrogens (tertiary/aromatic N) is 1. The summed E-state index contributed by atoms with van der Waals surface area (Å²) in [7, 11) is 0. The smallest absolute Gasteiger partial charge is 0.325 e. The molecule has 1 aliphatic heterocycles. The van der Waals surface area contributed by atoms with Gasteiger partial charge in [0, 0.05) is 12.0 Å². The van der Waals surface area contributed by atoms with E-state index in [1.54, 1.807) is 6.92 Å². The molecule has 1 saturated heterocycles. The molecule has 0 aromatic heterocycles. The van der Waals surface area contributed by atoms with E-state index in [1.165, 1.54) is 5.56 Å². The highest BCUT2D eigenvalue weighted by molar-refractivity contribution is 6.09. The van der Waals surface area contributed by atoms with Gasteiger partial charge in [0.25, 0.3) is 5.91 Å². The summed E-state index contributed by atoms with van der Waals surface area (Å²) < 4.78 is 0. The van der Waals surface area contributed by atoms with Crippen LogP contribution < -0.4 is 10.6 Å². The minimum Gasteiger partial charge on any atom is -0.354 e. The second kappa shape index (κ2) is 8.60. The van der Waals surface area contributed by atoms with Crippen molar-refractivity contribution in [2.24, 2.45) is 0 Å². The number of imide groups is 1. The zero-order valence-electron chi connectivity index (χ0n) is 19.3. The SMILES string of the molecule is CC1(c2ccc3ccccc3c2)NC(=O)N(CC(=O)NCC2(c3ccccc3)CCCC2)C1=O. The monoisotopic (exact) mass is 455 g/mol. The fourth-order valence-corrected chi connectivity index (χ4v) is 5.41. The lowest BCUT2D eigenvalue weighted by Crippen LogP contribution is -2.46. The van der Waals surface area contributed by atoms with Gasteiger partial charge in [0.05, 0.1) is 0 Å². The predicted molar refractivity (Wildman–Crippen MR) is 131 cm³/mol. The number of hydrogen-bond acceptors (Lipinski definition) is 3. The normalized spacial score (nSPS) is 21.6. The third-order valence-corrected chi connectivity index (χ3v) is 7.47. The molecule has 1 saturated carbocycles. The summed E-state index contributed by atoms with van der Waals surface area (Å²) in [6, 6.07) is 23.3. The molecule has 6 heteroatoms. The molecule has 1 heterocycles. The topological polar surface area (TPSA) is 78.5 Å². The van der Waals surface area contributed by atoms with Crippen molar-refractivity contribution in [3.05, 3.63) is 83.9 Å². The van der Waals surface area contributed by atoms with E-state index in [0.29, 0.717) is 12.1 Å². The van der Waals surface area contributed by atoms with Crippen LogP contribution in [0.25, 0.3) is 10.8 Å². The zero-order chi connectivity index (χ0) is 23.8. The van der Waals surface area contributed by atoms with Crippen molar-refractivity contribution < 1.29 is 14.4 Å². The summed E-state index contributed by atoms with van der Waals surface area (Å²) >= 11 is 0. The Morgan fingerprint density at radius 1 is 0.912 bits per heavy atom. The van der Waals surface area contributed by atoms with Crippen molar-refractivity contribution in [2.45, 2.75) is 43.6 Å². The summed E-state index contributed by atoms with van der Waals surface area (Å²) in [5.74, 6) is -0.741. The van der Waals surface area contributed by atoms with E-state index in [9.17, 15) is 14.4 Å². The van der Waals surface area contributed by atoms with Gasteiger partial charge in [-0.15, -0.1) is 0 Å². The first-order chi connectivity index (χ1) is 16.4. The molecule has 1 unspecified atom stereocenters. The van der Waals surface area contributed by atoms with Gasteiger partial charge in [-0.05, 0) is 47.7 Å². The van der Waals surface area contributed by atoms with E-state index in [4.69, 9.17) is 0 Å². The number of urea groups is 1. The number of amides is 4. The quantitative estimate of drug-likeness (QED) is 0.546. The Morgan fingerprint density at radius 2 is 1.59 bits per heavy atom. The first-order valence-corrected chi connectivity index (χ1v) is 11.9. The summed E-state index contributed by atoms with van der Waals surface area (Å²) in [5, 5.41) is 7.86. The summed E-state index contributed by atoms with van der Waals surface area (Å²) in [4.78, 5) is 39.9. The molecule has 6 nitrogen and oxygen atoms in total. The number of nitrogens with one attached hydrogen (secondary N) is 2. The third kappa shape index (κ3) is 3.83. The molecule has 0 radical (unpaired) electrons. The van der Waals surface area contributed by atoms with Crippen LogP contribution in [0.3, 0.4) is 0 Å². The lowest BCUT2D eigenvalue weighted by molar-refractivity contribution is -0.134. The molecular formula is C28H29N3O3. The molecule has 1 aliphatic carbocycles. The predicted octanol–water partition coefficient (Wildman–Crippen LogP) is 4.24. The lowest BCUT2D eigenvalue weighted by Gasteiger charge is -2.30. The average molecular weight is 456 g/mol. The largest absolute Gasteiger partial charge is 0.354 e. The van der Waals surface area contributed by atoms with E-state index >= 15 is 0 Å². The molecule has 174 valence electrons. The fourth-order valence-electron chi connectivity index (χ4n) is 5.41. The van der Waals surface area contributed by atoms with Gasteiger partial charge in [-0.1, -0.05) is 79.6 Å². The van der Waals surface area contributed by atoms with Crippen LogP contribution in [-0.4, -0.2) is 35.8 Å². The van der Waals surface area contributed by atoms with Crippen LogP contribution in [0.15, 0.2) is 72.8 Å². The molecular weight excluding hydrogens is 426 g/mol. The Labute approximate surface area is 199 Å². The van der Waals surface area contributed by atoms with E-state index in [0.717, 1.165) is 41.4 Å². The Morgan fingerprint density at radius 3 is 2.32 bits per heavy atom. The van der Waals surface area contributed by atoms with Crippen molar-refractivity contribution in [1.82, 2.24) is 15.5 Å². The van der Waals surface area contributed by atoms with Crippen LogP contribution >= 0.6 is 0 Å². The molecule has 34 heavy (non-hydrogen) atoms. The van der Waals surface area contributed by atoms with Gasteiger partial charge in [-0.3, -0.25) is 14.5 Å². The van der Waals surface area contributed by atoms with Crippen molar-refractivity contribution in [3.63, 3.8) is 0 Å². The molecule has 3 aromatic rings. The second-order valence-corrected chi connectivity index (χ2v) is 9.64. The van der Waals surface area contributed by atoms with E-state index < -0.39 is 17.5 Å². The second-order valence-electron chi connectivity index (χ2n) is 9.64. The van der Waals surface area contributed by atoms with Gasteiger partial charge in [-0.2, -0.15) is 0 Å². The van der Waals surface area contributed by atoms with Crippen molar-refractivity contribution >= 4 is 28.6 Å². The summed E-state index contributed by atoms with van der Waals surface area (Å²) in [6.07, 6.45) is 4.28. The minimum absolute atomic E-state index is 0.0895. The van der Waals surface area contributed by atoms with Gasteiger partial charge >= 0.3 is 6.03 Å². The van der Waals surface area contributed by atoms with Gasteiger partial charge < -0.3 is 10.6 Å². The lowest BCUT2D eigenvalue weighted by atomic mass is 9.79. The molecule has 3 aromatic carbocycles. The fraction of sp³-hybridized carbons (Fsp3) is 0.321. The van der Waals surface area contributed by atoms with Gasteiger partial charge in [0.2, 0.25) is 5.91 Å². The average Bonchev–Trinajstić information content (AvgIpc) is 3.43. The van der Waals surface area contributed by atoms with Crippen LogP contribution in [0.4, 0.5) is 4.79 Å². The maximum Gasteiger partial charge on any atom is 0.325 e. The molecule has 2 N–H and O–H groups in total. The first kappa shape index (κ1) is 22.1. The number of hydrogen-bond donors (Lipinski definition) is 2. The third-order valence-electron chi connectivity index (χ3n) is 7.47. The number of carbonyl (C=O) groups excluding carboxylic acids is 3. The highest BCUT2D eigenvalue weighted by Crippen LogP contribution is 2.40. The van der Waals surface area contributed by atoms with Gasteiger partial charge in [-0.25, -0.2) is 4.79 Å². The zero-order valence-corrected chi connectivity index (χ0v) is 19.3.